The smallest absolute Gasteiger partial charge is 0.234 e. The van der Waals surface area contributed by atoms with Crippen molar-refractivity contribution in [2.24, 2.45) is 11.8 Å². The normalized spacial score (nSPS) is 29.2. The van der Waals surface area contributed by atoms with E-state index in [0.29, 0.717) is 0 Å². The Balaban J connectivity index is 1.57. The Morgan fingerprint density at radius 3 is 2.36 bits per heavy atom. The lowest BCUT2D eigenvalue weighted by molar-refractivity contribution is -0.140. The molecule has 4 heterocycles. The fourth-order valence-corrected chi connectivity index (χ4v) is 5.77. The first-order valence-corrected chi connectivity index (χ1v) is 9.88. The number of hydrogen-bond acceptors (Lipinski definition) is 3. The number of carbonyl (C=O) groups is 2. The minimum absolute atomic E-state index is 0.0454. The second-order valence-corrected chi connectivity index (χ2v) is 8.14. The zero-order valence-electron chi connectivity index (χ0n) is 15.6. The number of benzene rings is 2. The highest BCUT2D eigenvalue weighted by Gasteiger charge is 2.63. The number of fused-ring (bicyclic) bond motifs is 7. The molecule has 3 aromatic rings. The molecule has 0 spiro atoms. The first-order chi connectivity index (χ1) is 13.7. The van der Waals surface area contributed by atoms with Crippen LogP contribution in [0.25, 0.3) is 10.9 Å². The van der Waals surface area contributed by atoms with Gasteiger partial charge in [-0.25, -0.2) is 0 Å². The first-order valence-electron chi connectivity index (χ1n) is 9.88. The van der Waals surface area contributed by atoms with Crippen molar-refractivity contribution < 1.29 is 9.59 Å². The Labute approximate surface area is 162 Å². The van der Waals surface area contributed by atoms with Gasteiger partial charge in [0.2, 0.25) is 11.8 Å². The lowest BCUT2D eigenvalue weighted by Crippen LogP contribution is -2.39. The highest BCUT2D eigenvalue weighted by Crippen LogP contribution is 2.57. The van der Waals surface area contributed by atoms with Crippen LogP contribution in [0.5, 0.6) is 0 Å². The Kier molecular flexibility index (Phi) is 3.19. The summed E-state index contributed by atoms with van der Waals surface area (Å²) in [4.78, 5) is 33.5. The molecular weight excluding hydrogens is 350 g/mol. The van der Waals surface area contributed by atoms with Gasteiger partial charge in [-0.1, -0.05) is 48.5 Å². The lowest BCUT2D eigenvalue weighted by Gasteiger charge is -2.36. The number of aromatic nitrogens is 1. The molecule has 5 heteroatoms. The predicted octanol–water partition coefficient (Wildman–Crippen LogP) is 3.05. The van der Waals surface area contributed by atoms with E-state index in [1.54, 1.807) is 7.05 Å². The van der Waals surface area contributed by atoms with Crippen molar-refractivity contribution in [1.29, 1.82) is 0 Å². The van der Waals surface area contributed by atoms with E-state index in [9.17, 15) is 9.59 Å². The number of para-hydroxylation sites is 1. The summed E-state index contributed by atoms with van der Waals surface area (Å²) < 4.78 is 0. The number of nitrogens with one attached hydrogen (secondary N) is 1. The van der Waals surface area contributed by atoms with Crippen LogP contribution < -0.4 is 0 Å². The highest BCUT2D eigenvalue weighted by atomic mass is 16.2. The fraction of sp³-hybridized carbons (Fsp3) is 0.304. The van der Waals surface area contributed by atoms with Crippen molar-refractivity contribution >= 4 is 22.7 Å². The summed E-state index contributed by atoms with van der Waals surface area (Å²) >= 11 is 0. The molecule has 0 radical (unpaired) electrons. The standard InChI is InChI=1S/C23H21N3O2/c1-25-22(27)17-18(23(25)28)21-19-15(14-9-5-6-10-16(14)24-19)11-12-26(21)20(17)13-7-3-2-4-8-13/h2-10,17-18,20-21,24H,11-12H2,1H3/t17-,18-,20-,21+/m1/s1. The third kappa shape index (κ3) is 1.89. The van der Waals surface area contributed by atoms with Crippen molar-refractivity contribution in [3.8, 4) is 0 Å². The molecule has 140 valence electrons. The molecule has 0 aliphatic carbocycles. The van der Waals surface area contributed by atoms with E-state index in [-0.39, 0.29) is 35.7 Å². The molecule has 0 bridgehead atoms. The summed E-state index contributed by atoms with van der Waals surface area (Å²) in [7, 11) is 1.63. The third-order valence-electron chi connectivity index (χ3n) is 6.92. The number of rotatable bonds is 1. The topological polar surface area (TPSA) is 56.4 Å². The Hall–Kier alpha value is -2.92. The molecule has 28 heavy (non-hydrogen) atoms. The van der Waals surface area contributed by atoms with Crippen molar-refractivity contribution in [1.82, 2.24) is 14.8 Å². The molecule has 2 aromatic carbocycles. The fourth-order valence-electron chi connectivity index (χ4n) is 5.77. The van der Waals surface area contributed by atoms with Crippen molar-refractivity contribution in [3.05, 3.63) is 71.4 Å². The Morgan fingerprint density at radius 2 is 1.57 bits per heavy atom. The SMILES string of the molecule is CN1C(=O)[C@@H]2[C@@H](C1=O)[C@H]1c3[nH]c4ccccc4c3CCN1[C@@H]2c1ccccc1. The molecule has 5 nitrogen and oxygen atoms in total. The van der Waals surface area contributed by atoms with Crippen LogP contribution in [0.15, 0.2) is 54.6 Å². The number of imide groups is 1. The number of likely N-dealkylation sites (tertiary alicyclic amines) is 1. The van der Waals surface area contributed by atoms with Crippen molar-refractivity contribution in [2.75, 3.05) is 13.6 Å². The van der Waals surface area contributed by atoms with Gasteiger partial charge >= 0.3 is 0 Å². The van der Waals surface area contributed by atoms with Crippen LogP contribution in [0.4, 0.5) is 0 Å². The number of carbonyl (C=O) groups excluding carboxylic acids is 2. The maximum absolute atomic E-state index is 13.1. The molecule has 2 fully saturated rings. The first kappa shape index (κ1) is 16.1. The zero-order valence-corrected chi connectivity index (χ0v) is 15.6. The number of aromatic amines is 1. The average molecular weight is 371 g/mol. The molecule has 2 amide bonds. The third-order valence-corrected chi connectivity index (χ3v) is 6.92. The van der Waals surface area contributed by atoms with Crippen LogP contribution in [0.2, 0.25) is 0 Å². The Morgan fingerprint density at radius 1 is 0.893 bits per heavy atom. The second kappa shape index (κ2) is 5.55. The number of nitrogens with zero attached hydrogens (tertiary/aromatic N) is 2. The van der Waals surface area contributed by atoms with Gasteiger partial charge in [-0.15, -0.1) is 0 Å². The maximum atomic E-state index is 13.1. The zero-order chi connectivity index (χ0) is 19.0. The minimum Gasteiger partial charge on any atom is -0.357 e. The van der Waals surface area contributed by atoms with Gasteiger partial charge in [-0.3, -0.25) is 19.4 Å². The van der Waals surface area contributed by atoms with E-state index in [1.165, 1.54) is 15.8 Å². The molecule has 3 aliphatic heterocycles. The summed E-state index contributed by atoms with van der Waals surface area (Å²) in [6, 6.07) is 18.4. The van der Waals surface area contributed by atoms with Crippen LogP contribution in [0.3, 0.4) is 0 Å². The summed E-state index contributed by atoms with van der Waals surface area (Å²) in [6.07, 6.45) is 0.927. The molecule has 4 atom stereocenters. The maximum Gasteiger partial charge on any atom is 0.234 e. The molecule has 6 rings (SSSR count). The van der Waals surface area contributed by atoms with Crippen LogP contribution in [0, 0.1) is 11.8 Å². The Bertz CT molecular complexity index is 1120. The van der Waals surface area contributed by atoms with Crippen LogP contribution >= 0.6 is 0 Å². The van der Waals surface area contributed by atoms with Gasteiger partial charge in [-0.05, 0) is 23.6 Å². The van der Waals surface area contributed by atoms with E-state index >= 15 is 0 Å². The van der Waals surface area contributed by atoms with Crippen molar-refractivity contribution in [3.63, 3.8) is 0 Å². The second-order valence-electron chi connectivity index (χ2n) is 8.14. The highest BCUT2D eigenvalue weighted by molar-refractivity contribution is 6.06. The van der Waals surface area contributed by atoms with E-state index in [0.717, 1.165) is 29.7 Å². The molecule has 0 unspecified atom stereocenters. The number of H-pyrrole nitrogens is 1. The molecular formula is C23H21N3O2. The average Bonchev–Trinajstić information content (AvgIpc) is 3.34. The van der Waals surface area contributed by atoms with Crippen LogP contribution in [0.1, 0.15) is 28.9 Å². The van der Waals surface area contributed by atoms with Gasteiger partial charge in [0.25, 0.3) is 0 Å². The summed E-state index contributed by atoms with van der Waals surface area (Å²) in [5.41, 5.74) is 4.66. The van der Waals surface area contributed by atoms with Gasteiger partial charge in [0.1, 0.15) is 0 Å². The minimum atomic E-state index is -0.324. The van der Waals surface area contributed by atoms with Crippen LogP contribution in [-0.2, 0) is 16.0 Å². The summed E-state index contributed by atoms with van der Waals surface area (Å²) in [6.45, 7) is 0.857. The molecule has 1 N–H and O–H groups in total. The van der Waals surface area contributed by atoms with Crippen LogP contribution in [-0.4, -0.2) is 40.2 Å². The van der Waals surface area contributed by atoms with E-state index in [4.69, 9.17) is 0 Å². The van der Waals surface area contributed by atoms with Gasteiger partial charge < -0.3 is 4.98 Å². The van der Waals surface area contributed by atoms with Gasteiger partial charge in [0.15, 0.2) is 0 Å². The predicted molar refractivity (Wildman–Crippen MR) is 105 cm³/mol. The van der Waals surface area contributed by atoms with Gasteiger partial charge in [0.05, 0.1) is 17.9 Å². The summed E-state index contributed by atoms with van der Waals surface area (Å²) in [5.74, 6) is -0.733. The molecule has 0 saturated carbocycles. The lowest BCUT2D eigenvalue weighted by atomic mass is 9.85. The van der Waals surface area contributed by atoms with Gasteiger partial charge in [0, 0.05) is 36.2 Å². The monoisotopic (exact) mass is 371 g/mol. The van der Waals surface area contributed by atoms with Gasteiger partial charge in [-0.2, -0.15) is 0 Å². The largest absolute Gasteiger partial charge is 0.357 e. The quantitative estimate of drug-likeness (QED) is 0.669. The number of amides is 2. The summed E-state index contributed by atoms with van der Waals surface area (Å²) in [5, 5.41) is 1.24. The van der Waals surface area contributed by atoms with E-state index in [1.807, 2.05) is 24.3 Å². The number of hydrogen-bond donors (Lipinski definition) is 1. The molecule has 2 saturated heterocycles. The van der Waals surface area contributed by atoms with Crippen molar-refractivity contribution in [2.45, 2.75) is 18.5 Å². The van der Waals surface area contributed by atoms with E-state index < -0.39 is 0 Å². The van der Waals surface area contributed by atoms with E-state index in [2.05, 4.69) is 40.2 Å². The molecule has 3 aliphatic rings. The molecule has 1 aromatic heterocycles.